The van der Waals surface area contributed by atoms with Crippen molar-refractivity contribution in [2.24, 2.45) is 0 Å². The highest BCUT2D eigenvalue weighted by Crippen LogP contribution is 2.28. The van der Waals surface area contributed by atoms with E-state index in [4.69, 9.17) is 0 Å². The van der Waals surface area contributed by atoms with Crippen LogP contribution in [0.3, 0.4) is 0 Å². The van der Waals surface area contributed by atoms with E-state index in [9.17, 15) is 10.1 Å². The van der Waals surface area contributed by atoms with Crippen LogP contribution in [0.2, 0.25) is 0 Å². The van der Waals surface area contributed by atoms with E-state index in [1.165, 1.54) is 12.5 Å². The van der Waals surface area contributed by atoms with Crippen LogP contribution in [-0.2, 0) is 6.54 Å². The molecule has 0 spiro atoms. The van der Waals surface area contributed by atoms with Gasteiger partial charge in [0.05, 0.1) is 4.92 Å². The van der Waals surface area contributed by atoms with Crippen molar-refractivity contribution in [1.29, 1.82) is 0 Å². The van der Waals surface area contributed by atoms with Gasteiger partial charge in [-0.2, -0.15) is 0 Å². The fraction of sp³-hybridized carbons (Fsp3) is 0.250. The molecule has 21 heavy (non-hydrogen) atoms. The van der Waals surface area contributed by atoms with Gasteiger partial charge in [0, 0.05) is 17.1 Å². The van der Waals surface area contributed by atoms with Crippen molar-refractivity contribution in [2.45, 2.75) is 26.8 Å². The van der Waals surface area contributed by atoms with Crippen LogP contribution in [0.25, 0.3) is 0 Å². The number of halogens is 1. The Bertz CT molecular complexity index is 574. The molecule has 0 bridgehead atoms. The number of nitrogens with zero attached hydrogens (tertiary/aromatic N) is 1. The first-order valence-electron chi connectivity index (χ1n) is 6.80. The van der Waals surface area contributed by atoms with Gasteiger partial charge in [-0.15, -0.1) is 0 Å². The molecular weight excluding hydrogens is 332 g/mol. The molecule has 0 saturated heterocycles. The van der Waals surface area contributed by atoms with Crippen molar-refractivity contribution in [3.63, 3.8) is 0 Å². The highest BCUT2D eigenvalue weighted by atomic mass is 79.9. The van der Waals surface area contributed by atoms with Crippen molar-refractivity contribution in [2.75, 3.05) is 5.32 Å². The number of nitrogens with one attached hydrogen (secondary N) is 1. The van der Waals surface area contributed by atoms with Crippen LogP contribution in [0.4, 0.5) is 11.4 Å². The summed E-state index contributed by atoms with van der Waals surface area (Å²) in [6.07, 6.45) is 1.25. The lowest BCUT2D eigenvalue weighted by molar-refractivity contribution is -0.384. The second-order valence-corrected chi connectivity index (χ2v) is 5.38. The zero-order chi connectivity index (χ0) is 15.7. The lowest BCUT2D eigenvalue weighted by Crippen LogP contribution is -2.02. The predicted molar refractivity (Wildman–Crippen MR) is 90.5 cm³/mol. The first kappa shape index (κ1) is 17.2. The maximum absolute atomic E-state index is 10.9. The van der Waals surface area contributed by atoms with E-state index in [2.05, 4.69) is 35.1 Å². The van der Waals surface area contributed by atoms with E-state index < -0.39 is 0 Å². The fourth-order valence-electron chi connectivity index (χ4n) is 1.60. The van der Waals surface area contributed by atoms with E-state index in [-0.39, 0.29) is 10.6 Å². The van der Waals surface area contributed by atoms with Crippen LogP contribution in [0, 0.1) is 10.1 Å². The van der Waals surface area contributed by atoms with Crippen LogP contribution < -0.4 is 5.32 Å². The van der Waals surface area contributed by atoms with Crippen molar-refractivity contribution in [1.82, 2.24) is 0 Å². The molecule has 0 saturated carbocycles. The predicted octanol–water partition coefficient (Wildman–Crippen LogP) is 5.39. The number of benzene rings is 2. The Hall–Kier alpha value is -1.88. The van der Waals surface area contributed by atoms with Gasteiger partial charge in [0.2, 0.25) is 0 Å². The van der Waals surface area contributed by atoms with Crippen molar-refractivity contribution in [3.05, 3.63) is 68.7 Å². The van der Waals surface area contributed by atoms with Gasteiger partial charge in [-0.1, -0.05) is 66.5 Å². The van der Waals surface area contributed by atoms with Gasteiger partial charge in [0.25, 0.3) is 5.69 Å². The van der Waals surface area contributed by atoms with Crippen LogP contribution in [0.5, 0.6) is 0 Å². The summed E-state index contributed by atoms with van der Waals surface area (Å²) in [5.74, 6) is 0. The van der Waals surface area contributed by atoms with Crippen LogP contribution in [-0.4, -0.2) is 4.92 Å². The molecule has 2 aromatic rings. The van der Waals surface area contributed by atoms with E-state index in [0.29, 0.717) is 12.2 Å². The average Bonchev–Trinajstić information content (AvgIpc) is 2.47. The van der Waals surface area contributed by atoms with Gasteiger partial charge in [0.15, 0.2) is 0 Å². The summed E-state index contributed by atoms with van der Waals surface area (Å²) < 4.78 is 0.809. The highest BCUT2D eigenvalue weighted by molar-refractivity contribution is 9.10. The summed E-state index contributed by atoms with van der Waals surface area (Å²) in [5, 5.41) is 14.0. The summed E-state index contributed by atoms with van der Waals surface area (Å²) in [4.78, 5) is 10.5. The molecule has 0 aromatic heterocycles. The molecule has 0 unspecified atom stereocenters. The number of hydrogen-bond acceptors (Lipinski definition) is 3. The van der Waals surface area contributed by atoms with Gasteiger partial charge in [-0.25, -0.2) is 0 Å². The number of hydrogen-bond donors (Lipinski definition) is 1. The number of rotatable bonds is 4. The van der Waals surface area contributed by atoms with Crippen LogP contribution in [0.1, 0.15) is 25.8 Å². The Kier molecular flexibility index (Phi) is 7.46. The van der Waals surface area contributed by atoms with Gasteiger partial charge in [0.1, 0.15) is 5.69 Å². The summed E-state index contributed by atoms with van der Waals surface area (Å²) >= 11 is 3.31. The molecule has 0 aliphatic heterocycles. The van der Waals surface area contributed by atoms with E-state index in [0.717, 1.165) is 10.0 Å². The standard InChI is InChI=1S/C13H11BrN2O2.C3H8/c14-11-6-7-13(16(17)18)12(8-11)15-9-10-4-2-1-3-5-10;1-3-2/h1-8,15H,9H2;3H2,1-2H3. The number of nitro groups is 1. The van der Waals surface area contributed by atoms with Crippen LogP contribution in [0.15, 0.2) is 53.0 Å². The van der Waals surface area contributed by atoms with Gasteiger partial charge < -0.3 is 5.32 Å². The molecule has 0 fully saturated rings. The molecule has 0 aliphatic rings. The Morgan fingerprint density at radius 1 is 1.14 bits per heavy atom. The molecule has 0 aliphatic carbocycles. The lowest BCUT2D eigenvalue weighted by Gasteiger charge is -2.07. The molecular formula is C16H19BrN2O2. The summed E-state index contributed by atoms with van der Waals surface area (Å²) in [6.45, 7) is 4.80. The quantitative estimate of drug-likeness (QED) is 0.594. The minimum Gasteiger partial charge on any atom is -0.375 e. The average molecular weight is 351 g/mol. The number of anilines is 1. The minimum atomic E-state index is -0.389. The largest absolute Gasteiger partial charge is 0.375 e. The number of nitro benzene ring substituents is 1. The molecule has 2 rings (SSSR count). The first-order chi connectivity index (χ1) is 10.1. The Morgan fingerprint density at radius 2 is 1.76 bits per heavy atom. The smallest absolute Gasteiger partial charge is 0.292 e. The Morgan fingerprint density at radius 3 is 2.33 bits per heavy atom. The molecule has 0 radical (unpaired) electrons. The lowest BCUT2D eigenvalue weighted by atomic mass is 10.2. The molecule has 0 atom stereocenters. The summed E-state index contributed by atoms with van der Waals surface area (Å²) in [6, 6.07) is 14.6. The zero-order valence-electron chi connectivity index (χ0n) is 12.2. The molecule has 4 nitrogen and oxygen atoms in total. The second kappa shape index (κ2) is 9.13. The van der Waals surface area contributed by atoms with Crippen LogP contribution >= 0.6 is 15.9 Å². The molecule has 0 amide bonds. The van der Waals surface area contributed by atoms with Gasteiger partial charge in [-0.3, -0.25) is 10.1 Å². The van der Waals surface area contributed by atoms with E-state index in [1.54, 1.807) is 12.1 Å². The van der Waals surface area contributed by atoms with E-state index >= 15 is 0 Å². The monoisotopic (exact) mass is 350 g/mol. The SMILES string of the molecule is CCC.O=[N+]([O-])c1ccc(Br)cc1NCc1ccccc1. The maximum atomic E-state index is 10.9. The minimum absolute atomic E-state index is 0.0779. The molecule has 1 N–H and O–H groups in total. The normalized spacial score (nSPS) is 9.48. The molecule has 112 valence electrons. The first-order valence-corrected chi connectivity index (χ1v) is 7.59. The Balaban J connectivity index is 0.000000677. The molecule has 2 aromatic carbocycles. The second-order valence-electron chi connectivity index (χ2n) is 4.46. The summed E-state index contributed by atoms with van der Waals surface area (Å²) in [5.41, 5.74) is 1.67. The Labute approximate surface area is 133 Å². The molecule has 0 heterocycles. The molecule has 5 heteroatoms. The zero-order valence-corrected chi connectivity index (χ0v) is 13.8. The van der Waals surface area contributed by atoms with Gasteiger partial charge >= 0.3 is 0 Å². The fourth-order valence-corrected chi connectivity index (χ4v) is 1.96. The van der Waals surface area contributed by atoms with Crippen molar-refractivity contribution < 1.29 is 4.92 Å². The third-order valence-electron chi connectivity index (χ3n) is 2.48. The summed E-state index contributed by atoms with van der Waals surface area (Å²) in [7, 11) is 0. The topological polar surface area (TPSA) is 55.2 Å². The third-order valence-corrected chi connectivity index (χ3v) is 2.97. The highest BCUT2D eigenvalue weighted by Gasteiger charge is 2.13. The van der Waals surface area contributed by atoms with E-state index in [1.807, 2.05) is 30.3 Å². The maximum Gasteiger partial charge on any atom is 0.292 e. The van der Waals surface area contributed by atoms with Crippen molar-refractivity contribution in [3.8, 4) is 0 Å². The van der Waals surface area contributed by atoms with Crippen molar-refractivity contribution >= 4 is 27.3 Å². The third kappa shape index (κ3) is 5.95. The van der Waals surface area contributed by atoms with Gasteiger partial charge in [-0.05, 0) is 17.7 Å².